The third kappa shape index (κ3) is 2.45. The number of nitrogens with zero attached hydrogens (tertiary/aromatic N) is 1. The summed E-state index contributed by atoms with van der Waals surface area (Å²) in [6.45, 7) is 0.271. The number of carbonyl (C=O) groups excluding carboxylic acids is 2. The molecule has 1 aliphatic rings. The summed E-state index contributed by atoms with van der Waals surface area (Å²) < 4.78 is 0. The molecule has 0 bridgehead atoms. The lowest BCUT2D eigenvalue weighted by atomic mass is 10.1. The summed E-state index contributed by atoms with van der Waals surface area (Å²) >= 11 is 0. The van der Waals surface area contributed by atoms with Crippen LogP contribution in [0.5, 0.6) is 0 Å². The average molecular weight is 249 g/mol. The van der Waals surface area contributed by atoms with Gasteiger partial charge in [0.15, 0.2) is 5.69 Å². The van der Waals surface area contributed by atoms with Gasteiger partial charge in [-0.15, -0.1) is 0 Å². The molecule has 2 amide bonds. The highest BCUT2D eigenvalue weighted by molar-refractivity contribution is 6.01. The first-order valence-electron chi connectivity index (χ1n) is 5.34. The quantitative estimate of drug-likeness (QED) is 0.690. The molecule has 18 heavy (non-hydrogen) atoms. The smallest absolute Gasteiger partial charge is 0.356 e. The minimum atomic E-state index is -1.22. The van der Waals surface area contributed by atoms with Gasteiger partial charge in [-0.1, -0.05) is 0 Å². The second-order valence-electron chi connectivity index (χ2n) is 3.90. The van der Waals surface area contributed by atoms with Crippen LogP contribution in [-0.2, 0) is 9.59 Å². The lowest BCUT2D eigenvalue weighted by Gasteiger charge is -2.10. The van der Waals surface area contributed by atoms with E-state index in [1.54, 1.807) is 0 Å². The van der Waals surface area contributed by atoms with Gasteiger partial charge in [0.1, 0.15) is 0 Å². The molecular formula is C11H11N3O4. The monoisotopic (exact) mass is 249 g/mol. The molecule has 94 valence electrons. The maximum atomic E-state index is 11.8. The van der Waals surface area contributed by atoms with E-state index in [2.05, 4.69) is 15.6 Å². The highest BCUT2D eigenvalue weighted by atomic mass is 16.4. The van der Waals surface area contributed by atoms with E-state index in [0.29, 0.717) is 0 Å². The molecule has 1 saturated heterocycles. The van der Waals surface area contributed by atoms with E-state index in [1.807, 2.05) is 0 Å². The van der Waals surface area contributed by atoms with Crippen LogP contribution >= 0.6 is 0 Å². The predicted octanol–water partition coefficient (Wildman–Crippen LogP) is -0.146. The summed E-state index contributed by atoms with van der Waals surface area (Å²) in [6, 6.07) is 2.98. The van der Waals surface area contributed by atoms with E-state index in [0.717, 1.165) is 0 Å². The van der Waals surface area contributed by atoms with Gasteiger partial charge in [0.05, 0.1) is 11.6 Å². The SMILES string of the molecule is O=C1CC(C(=O)Nc2cccnc2C(=O)O)CN1. The van der Waals surface area contributed by atoms with Gasteiger partial charge in [0, 0.05) is 19.2 Å². The van der Waals surface area contributed by atoms with Crippen molar-refractivity contribution in [2.75, 3.05) is 11.9 Å². The van der Waals surface area contributed by atoms with Gasteiger partial charge in [-0.3, -0.25) is 9.59 Å². The molecule has 1 atom stereocenters. The summed E-state index contributed by atoms with van der Waals surface area (Å²) in [5.41, 5.74) is -0.0857. The summed E-state index contributed by atoms with van der Waals surface area (Å²) in [6.07, 6.45) is 1.45. The summed E-state index contributed by atoms with van der Waals surface area (Å²) in [5, 5.41) is 13.9. The Morgan fingerprint density at radius 2 is 2.28 bits per heavy atom. The average Bonchev–Trinajstić information content (AvgIpc) is 2.76. The topological polar surface area (TPSA) is 108 Å². The Morgan fingerprint density at radius 3 is 2.89 bits per heavy atom. The Hall–Kier alpha value is -2.44. The minimum absolute atomic E-state index is 0.120. The molecule has 1 aromatic heterocycles. The van der Waals surface area contributed by atoms with Crippen molar-refractivity contribution >= 4 is 23.5 Å². The Bertz CT molecular complexity index is 515. The van der Waals surface area contributed by atoms with E-state index >= 15 is 0 Å². The molecule has 1 fully saturated rings. The molecule has 0 radical (unpaired) electrons. The number of aromatic carboxylic acids is 1. The number of amides is 2. The number of anilines is 1. The van der Waals surface area contributed by atoms with Crippen molar-refractivity contribution in [2.24, 2.45) is 5.92 Å². The maximum Gasteiger partial charge on any atom is 0.356 e. The number of carboxylic acids is 1. The van der Waals surface area contributed by atoms with E-state index < -0.39 is 11.9 Å². The van der Waals surface area contributed by atoms with Crippen LogP contribution in [0.4, 0.5) is 5.69 Å². The Kier molecular flexibility index (Phi) is 3.22. The van der Waals surface area contributed by atoms with Gasteiger partial charge in [-0.2, -0.15) is 0 Å². The van der Waals surface area contributed by atoms with Crippen molar-refractivity contribution in [1.82, 2.24) is 10.3 Å². The maximum absolute atomic E-state index is 11.8. The van der Waals surface area contributed by atoms with Gasteiger partial charge in [-0.05, 0) is 12.1 Å². The number of aromatic nitrogens is 1. The molecule has 7 heteroatoms. The summed E-state index contributed by atoms with van der Waals surface area (Å²) in [5.74, 6) is -2.26. The van der Waals surface area contributed by atoms with Gasteiger partial charge in [-0.25, -0.2) is 9.78 Å². The number of hydrogen-bond donors (Lipinski definition) is 3. The molecule has 0 aliphatic carbocycles. The van der Waals surface area contributed by atoms with Crippen molar-refractivity contribution in [3.05, 3.63) is 24.0 Å². The first-order chi connectivity index (χ1) is 8.58. The molecule has 3 N–H and O–H groups in total. The minimum Gasteiger partial charge on any atom is -0.476 e. The molecule has 7 nitrogen and oxygen atoms in total. The Balaban J connectivity index is 2.12. The number of rotatable bonds is 3. The van der Waals surface area contributed by atoms with Crippen LogP contribution < -0.4 is 10.6 Å². The van der Waals surface area contributed by atoms with Crippen LogP contribution in [0.3, 0.4) is 0 Å². The van der Waals surface area contributed by atoms with E-state index in [1.165, 1.54) is 18.3 Å². The fourth-order valence-electron chi connectivity index (χ4n) is 1.70. The molecule has 2 heterocycles. The number of carbonyl (C=O) groups is 3. The zero-order valence-electron chi connectivity index (χ0n) is 9.34. The molecule has 1 unspecified atom stereocenters. The molecular weight excluding hydrogens is 238 g/mol. The van der Waals surface area contributed by atoms with Crippen LogP contribution in [0.1, 0.15) is 16.9 Å². The largest absolute Gasteiger partial charge is 0.476 e. The highest BCUT2D eigenvalue weighted by Gasteiger charge is 2.28. The summed E-state index contributed by atoms with van der Waals surface area (Å²) in [7, 11) is 0. The molecule has 0 aromatic carbocycles. The van der Waals surface area contributed by atoms with Crippen molar-refractivity contribution in [3.63, 3.8) is 0 Å². The third-order valence-corrected chi connectivity index (χ3v) is 2.62. The van der Waals surface area contributed by atoms with Crippen molar-refractivity contribution in [3.8, 4) is 0 Å². The van der Waals surface area contributed by atoms with Crippen molar-refractivity contribution in [1.29, 1.82) is 0 Å². The fourth-order valence-corrected chi connectivity index (χ4v) is 1.70. The van der Waals surface area contributed by atoms with E-state index in [-0.39, 0.29) is 36.2 Å². The zero-order valence-corrected chi connectivity index (χ0v) is 9.34. The summed E-state index contributed by atoms with van der Waals surface area (Å²) in [4.78, 5) is 37.4. The van der Waals surface area contributed by atoms with Crippen LogP contribution in [0.25, 0.3) is 0 Å². The second-order valence-corrected chi connectivity index (χ2v) is 3.90. The van der Waals surface area contributed by atoms with Crippen LogP contribution in [-0.4, -0.2) is 34.4 Å². The van der Waals surface area contributed by atoms with E-state index in [9.17, 15) is 14.4 Å². The molecule has 0 spiro atoms. The van der Waals surface area contributed by atoms with Gasteiger partial charge >= 0.3 is 5.97 Å². The molecule has 1 aliphatic heterocycles. The highest BCUT2D eigenvalue weighted by Crippen LogP contribution is 2.16. The first-order valence-corrected chi connectivity index (χ1v) is 5.34. The van der Waals surface area contributed by atoms with Crippen LogP contribution in [0, 0.1) is 5.92 Å². The first kappa shape index (κ1) is 12.0. The second kappa shape index (κ2) is 4.82. The molecule has 1 aromatic rings. The lowest BCUT2D eigenvalue weighted by Crippen LogP contribution is -2.25. The van der Waals surface area contributed by atoms with Gasteiger partial charge < -0.3 is 15.7 Å². The van der Waals surface area contributed by atoms with Crippen molar-refractivity contribution in [2.45, 2.75) is 6.42 Å². The lowest BCUT2D eigenvalue weighted by molar-refractivity contribution is -0.123. The normalized spacial score (nSPS) is 18.2. The number of nitrogens with one attached hydrogen (secondary N) is 2. The van der Waals surface area contributed by atoms with Gasteiger partial charge in [0.25, 0.3) is 0 Å². The molecule has 2 rings (SSSR count). The Labute approximate surface area is 102 Å². The Morgan fingerprint density at radius 1 is 1.50 bits per heavy atom. The number of hydrogen-bond acceptors (Lipinski definition) is 4. The van der Waals surface area contributed by atoms with Crippen LogP contribution in [0.15, 0.2) is 18.3 Å². The number of pyridine rings is 1. The van der Waals surface area contributed by atoms with Gasteiger partial charge in [0.2, 0.25) is 11.8 Å². The third-order valence-electron chi connectivity index (χ3n) is 2.62. The predicted molar refractivity (Wildman–Crippen MR) is 60.9 cm³/mol. The fraction of sp³-hybridized carbons (Fsp3) is 0.273. The number of carboxylic acid groups (broad SMARTS) is 1. The van der Waals surface area contributed by atoms with Crippen LogP contribution in [0.2, 0.25) is 0 Å². The molecule has 0 saturated carbocycles. The zero-order chi connectivity index (χ0) is 13.1. The van der Waals surface area contributed by atoms with E-state index in [4.69, 9.17) is 5.11 Å². The standard InChI is InChI=1S/C11H11N3O4/c15-8-4-6(5-13-8)10(16)14-7-2-1-3-12-9(7)11(17)18/h1-3,6H,4-5H2,(H,13,15)(H,14,16)(H,17,18). The van der Waals surface area contributed by atoms with Crippen molar-refractivity contribution < 1.29 is 19.5 Å².